The zero-order valence-corrected chi connectivity index (χ0v) is 25.0. The molecule has 6 nitrogen and oxygen atoms in total. The molecule has 1 aliphatic rings. The number of carbonyl (C=O) groups is 1. The number of furan rings is 1. The van der Waals surface area contributed by atoms with E-state index in [4.69, 9.17) is 8.84 Å². The Morgan fingerprint density at radius 1 is 1.16 bits per heavy atom. The van der Waals surface area contributed by atoms with E-state index in [1.54, 1.807) is 6.07 Å². The monoisotopic (exact) mass is 521 g/mol. The first-order valence-corrected chi connectivity index (χ1v) is 16.5. The summed E-state index contributed by atoms with van der Waals surface area (Å²) in [6, 6.07) is 7.59. The Balaban J connectivity index is 1.51. The van der Waals surface area contributed by atoms with E-state index in [1.165, 1.54) is 0 Å². The smallest absolute Gasteiger partial charge is 0.192 e. The fourth-order valence-corrected chi connectivity index (χ4v) is 6.49. The fourth-order valence-electron chi connectivity index (χ4n) is 5.00. The molecule has 3 aromatic heterocycles. The molecule has 0 radical (unpaired) electrons. The molecule has 1 unspecified atom stereocenters. The zero-order valence-electron chi connectivity index (χ0n) is 24.0. The van der Waals surface area contributed by atoms with Crippen LogP contribution in [-0.2, 0) is 10.8 Å². The molecule has 4 heterocycles. The number of carbonyl (C=O) groups excluding carboxylic acids is 1. The number of piperidine rings is 1. The lowest BCUT2D eigenvalue weighted by Gasteiger charge is -2.48. The standard InChI is InChI=1S/C30H43N3O3Si/c1-19(2)28-15-24-27(35-28)11-10-23(32-24)26(34)14-22-16-31-13-12-25(22)33-17-20(3)29(21(4)18-33)36-37(8,9)30(5,6)7/h10-13,15-16,19-21,29H,14,17-18H2,1-9H3/t20-,21+,29?. The average molecular weight is 522 g/mol. The molecule has 0 N–H and O–H groups in total. The van der Waals surface area contributed by atoms with Crippen molar-refractivity contribution in [1.29, 1.82) is 0 Å². The minimum atomic E-state index is -1.86. The summed E-state index contributed by atoms with van der Waals surface area (Å²) in [7, 11) is -1.86. The van der Waals surface area contributed by atoms with Gasteiger partial charge in [0.1, 0.15) is 17.0 Å². The Kier molecular flexibility index (Phi) is 7.68. The van der Waals surface area contributed by atoms with Gasteiger partial charge in [0.25, 0.3) is 0 Å². The van der Waals surface area contributed by atoms with Gasteiger partial charge in [0, 0.05) is 55.1 Å². The van der Waals surface area contributed by atoms with Crippen LogP contribution in [0.4, 0.5) is 5.69 Å². The number of hydrogen-bond donors (Lipinski definition) is 0. The van der Waals surface area contributed by atoms with Gasteiger partial charge < -0.3 is 13.7 Å². The third-order valence-electron chi connectivity index (χ3n) is 8.19. The highest BCUT2D eigenvalue weighted by molar-refractivity contribution is 6.74. The van der Waals surface area contributed by atoms with Crippen molar-refractivity contribution in [1.82, 2.24) is 9.97 Å². The molecule has 0 aromatic carbocycles. The maximum Gasteiger partial charge on any atom is 0.192 e. The van der Waals surface area contributed by atoms with E-state index >= 15 is 0 Å². The molecule has 0 aliphatic carbocycles. The van der Waals surface area contributed by atoms with Crippen molar-refractivity contribution in [3.05, 3.63) is 53.7 Å². The fraction of sp³-hybridized carbons (Fsp3) is 0.567. The van der Waals surface area contributed by atoms with Gasteiger partial charge in [-0.2, -0.15) is 0 Å². The molecule has 3 atom stereocenters. The molecular formula is C30H43N3O3Si. The highest BCUT2D eigenvalue weighted by atomic mass is 28.4. The van der Waals surface area contributed by atoms with Crippen LogP contribution in [0.25, 0.3) is 11.1 Å². The third-order valence-corrected chi connectivity index (χ3v) is 12.7. The van der Waals surface area contributed by atoms with Crippen molar-refractivity contribution in [2.45, 2.75) is 85.0 Å². The molecule has 37 heavy (non-hydrogen) atoms. The number of pyridine rings is 2. The number of rotatable bonds is 7. The predicted molar refractivity (Wildman–Crippen MR) is 153 cm³/mol. The normalized spacial score (nSPS) is 21.1. The van der Waals surface area contributed by atoms with Gasteiger partial charge in [-0.15, -0.1) is 0 Å². The maximum absolute atomic E-state index is 13.3. The van der Waals surface area contributed by atoms with Crippen LogP contribution in [0.5, 0.6) is 0 Å². The van der Waals surface area contributed by atoms with Crippen molar-refractivity contribution >= 4 is 30.9 Å². The van der Waals surface area contributed by atoms with Crippen LogP contribution in [-0.4, -0.2) is 43.3 Å². The molecule has 0 amide bonds. The molecule has 3 aromatic rings. The Morgan fingerprint density at radius 3 is 2.46 bits per heavy atom. The number of Topliss-reactive ketones (excluding diaryl/α,β-unsaturated/α-hetero) is 1. The van der Waals surface area contributed by atoms with E-state index < -0.39 is 8.32 Å². The first kappa shape index (κ1) is 27.5. The molecule has 0 bridgehead atoms. The topological polar surface area (TPSA) is 68.5 Å². The number of aromatic nitrogens is 2. The number of ketones is 1. The van der Waals surface area contributed by atoms with Crippen LogP contribution < -0.4 is 4.90 Å². The molecular weight excluding hydrogens is 478 g/mol. The second-order valence-electron chi connectivity index (χ2n) is 12.7. The Bertz CT molecular complexity index is 1250. The summed E-state index contributed by atoms with van der Waals surface area (Å²) < 4.78 is 12.7. The van der Waals surface area contributed by atoms with E-state index in [9.17, 15) is 4.79 Å². The first-order valence-electron chi connectivity index (χ1n) is 13.6. The summed E-state index contributed by atoms with van der Waals surface area (Å²) in [5, 5.41) is 0.187. The van der Waals surface area contributed by atoms with E-state index in [2.05, 4.69) is 76.4 Å². The highest BCUT2D eigenvalue weighted by Crippen LogP contribution is 2.41. The second kappa shape index (κ2) is 10.3. The minimum absolute atomic E-state index is 0.0133. The number of anilines is 1. The summed E-state index contributed by atoms with van der Waals surface area (Å²) in [5.41, 5.74) is 3.93. The van der Waals surface area contributed by atoms with Crippen molar-refractivity contribution < 1.29 is 13.6 Å². The van der Waals surface area contributed by atoms with Crippen LogP contribution in [0, 0.1) is 11.8 Å². The van der Waals surface area contributed by atoms with Gasteiger partial charge in [-0.05, 0) is 48.2 Å². The van der Waals surface area contributed by atoms with Crippen LogP contribution in [0.15, 0.2) is 41.1 Å². The number of nitrogens with zero attached hydrogens (tertiary/aromatic N) is 3. The van der Waals surface area contributed by atoms with Crippen molar-refractivity contribution in [3.8, 4) is 0 Å². The number of fused-ring (bicyclic) bond motifs is 1. The van der Waals surface area contributed by atoms with Gasteiger partial charge >= 0.3 is 0 Å². The lowest BCUT2D eigenvalue weighted by atomic mass is 9.87. The van der Waals surface area contributed by atoms with E-state index in [0.29, 0.717) is 23.1 Å². The SMILES string of the molecule is CC(C)c1cc2nc(C(=O)Cc3cnccc3N3C[C@@H](C)C(O[Si](C)(C)C(C)(C)C)[C@@H](C)C3)ccc2o1. The highest BCUT2D eigenvalue weighted by Gasteiger charge is 2.43. The summed E-state index contributed by atoms with van der Waals surface area (Å²) in [4.78, 5) is 24.7. The molecule has 0 saturated carbocycles. The van der Waals surface area contributed by atoms with Crippen LogP contribution >= 0.6 is 0 Å². The summed E-state index contributed by atoms with van der Waals surface area (Å²) in [5.74, 6) is 1.91. The Morgan fingerprint density at radius 2 is 1.84 bits per heavy atom. The maximum atomic E-state index is 13.3. The van der Waals surface area contributed by atoms with Crippen LogP contribution in [0.3, 0.4) is 0 Å². The third kappa shape index (κ3) is 5.83. The zero-order chi connectivity index (χ0) is 27.1. The number of hydrogen-bond acceptors (Lipinski definition) is 6. The van der Waals surface area contributed by atoms with Gasteiger partial charge in [-0.3, -0.25) is 9.78 Å². The van der Waals surface area contributed by atoms with Crippen LogP contribution in [0.2, 0.25) is 18.1 Å². The molecule has 0 spiro atoms. The Labute approximate surface area is 223 Å². The van der Waals surface area contributed by atoms with E-state index in [-0.39, 0.29) is 29.3 Å². The van der Waals surface area contributed by atoms with Gasteiger partial charge in [0.15, 0.2) is 19.7 Å². The first-order chi connectivity index (χ1) is 17.3. The minimum Gasteiger partial charge on any atom is -0.459 e. The van der Waals surface area contributed by atoms with Crippen LogP contribution in [0.1, 0.15) is 76.2 Å². The van der Waals surface area contributed by atoms with Crippen molar-refractivity contribution in [2.75, 3.05) is 18.0 Å². The molecule has 7 heteroatoms. The van der Waals surface area contributed by atoms with E-state index in [0.717, 1.165) is 35.6 Å². The van der Waals surface area contributed by atoms with Gasteiger partial charge in [0.05, 0.1) is 6.10 Å². The molecule has 1 saturated heterocycles. The Hall–Kier alpha value is -2.51. The lowest BCUT2D eigenvalue weighted by molar-refractivity contribution is 0.0627. The van der Waals surface area contributed by atoms with Gasteiger partial charge in [0.2, 0.25) is 0 Å². The molecule has 4 rings (SSSR count). The van der Waals surface area contributed by atoms with Crippen molar-refractivity contribution in [3.63, 3.8) is 0 Å². The van der Waals surface area contributed by atoms with E-state index in [1.807, 2.05) is 30.6 Å². The average Bonchev–Trinajstić information content (AvgIpc) is 3.25. The summed E-state index contributed by atoms with van der Waals surface area (Å²) in [6.07, 6.45) is 4.15. The quantitative estimate of drug-likeness (QED) is 0.241. The van der Waals surface area contributed by atoms with Crippen molar-refractivity contribution in [2.24, 2.45) is 11.8 Å². The summed E-state index contributed by atoms with van der Waals surface area (Å²) in [6.45, 7) is 22.1. The van der Waals surface area contributed by atoms with Gasteiger partial charge in [-0.25, -0.2) is 4.98 Å². The predicted octanol–water partition coefficient (Wildman–Crippen LogP) is 7.25. The molecule has 1 aliphatic heterocycles. The molecule has 200 valence electrons. The lowest BCUT2D eigenvalue weighted by Crippen LogP contribution is -2.54. The second-order valence-corrected chi connectivity index (χ2v) is 17.4. The summed E-state index contributed by atoms with van der Waals surface area (Å²) >= 11 is 0. The van der Waals surface area contributed by atoms with Gasteiger partial charge in [-0.1, -0.05) is 48.5 Å². The largest absolute Gasteiger partial charge is 0.459 e. The molecule has 1 fully saturated rings.